The second-order valence-electron chi connectivity index (χ2n) is 5.85. The maximum atomic E-state index is 13.1. The quantitative estimate of drug-likeness (QED) is 0.522. The number of hydrogen-bond donors (Lipinski definition) is 2. The van der Waals surface area contributed by atoms with Crippen molar-refractivity contribution < 1.29 is 48.2 Å². The lowest BCUT2D eigenvalue weighted by Gasteiger charge is -2.13. The van der Waals surface area contributed by atoms with Crippen LogP contribution in [0.4, 0.5) is 5.69 Å². The zero-order valence-corrected chi connectivity index (χ0v) is 17.3. The van der Waals surface area contributed by atoms with Crippen LogP contribution in [0.3, 0.4) is 0 Å². The Morgan fingerprint density at radius 3 is 2.39 bits per heavy atom. The highest BCUT2D eigenvalue weighted by atomic mass is 32.2. The van der Waals surface area contributed by atoms with E-state index in [0.29, 0.717) is 5.41 Å². The third kappa shape index (κ3) is 6.54. The van der Waals surface area contributed by atoms with Gasteiger partial charge in [0.1, 0.15) is 29.5 Å². The first-order valence-corrected chi connectivity index (χ1v) is 10.0. The van der Waals surface area contributed by atoms with Gasteiger partial charge in [-0.1, -0.05) is 6.07 Å². The van der Waals surface area contributed by atoms with Crippen LogP contribution in [0.1, 0.15) is 22.1 Å². The van der Waals surface area contributed by atoms with Crippen molar-refractivity contribution in [2.45, 2.75) is 5.70 Å². The molecule has 0 saturated heterocycles. The molecule has 0 fully saturated rings. The molecule has 2 aromatic carbocycles. The van der Waals surface area contributed by atoms with Gasteiger partial charge < -0.3 is 29.4 Å². The van der Waals surface area contributed by atoms with Crippen molar-refractivity contribution in [1.29, 1.82) is 0 Å². The molecule has 0 amide bonds. The number of carboxylic acid groups (broad SMARTS) is 1. The topological polar surface area (TPSA) is 120 Å². The number of nitrogens with one attached hydrogen (secondary N) is 1. The standard InChI is InChI=1S/C21H25NO8S/c1-27-15-10-19(29-3)16(20(11-15)30-4)7-8-31(25,26)13-14-5-6-18(28-2)17(9-14)22-12-21(23)24/h5-11,22H,12-13H2,1-4H3,(H,23,24)/b8-7+/i2D3,3D3,13D2. The van der Waals surface area contributed by atoms with E-state index in [1.807, 2.05) is 0 Å². The molecule has 2 N–H and O–H groups in total. The Hall–Kier alpha value is -3.40. The van der Waals surface area contributed by atoms with Crippen LogP contribution < -0.4 is 24.3 Å². The molecule has 31 heavy (non-hydrogen) atoms. The molecule has 0 aromatic heterocycles. The van der Waals surface area contributed by atoms with E-state index in [9.17, 15) is 13.2 Å². The average molecular weight is 460 g/mol. The minimum atomic E-state index is -4.83. The Morgan fingerprint density at radius 2 is 1.77 bits per heavy atom. The fourth-order valence-corrected chi connectivity index (χ4v) is 3.30. The number of anilines is 1. The summed E-state index contributed by atoms with van der Waals surface area (Å²) < 4.78 is 107. The average Bonchev–Trinajstić information content (AvgIpc) is 2.79. The molecule has 0 unspecified atom stereocenters. The summed E-state index contributed by atoms with van der Waals surface area (Å²) in [7, 11) is -8.16. The van der Waals surface area contributed by atoms with E-state index in [1.165, 1.54) is 26.4 Å². The second kappa shape index (κ2) is 10.6. The van der Waals surface area contributed by atoms with Crippen molar-refractivity contribution in [2.24, 2.45) is 0 Å². The Bertz CT molecular complexity index is 1340. The van der Waals surface area contributed by atoms with Gasteiger partial charge in [-0.05, 0) is 23.8 Å². The van der Waals surface area contributed by atoms with Crippen molar-refractivity contribution in [3.63, 3.8) is 0 Å². The van der Waals surface area contributed by atoms with Gasteiger partial charge in [0.2, 0.25) is 0 Å². The number of benzene rings is 2. The summed E-state index contributed by atoms with van der Waals surface area (Å²) in [5.41, 5.74) is -4.04. The monoisotopic (exact) mass is 459 g/mol. The smallest absolute Gasteiger partial charge is 0.322 e. The summed E-state index contributed by atoms with van der Waals surface area (Å²) in [6.45, 7) is -0.708. The summed E-state index contributed by atoms with van der Waals surface area (Å²) in [4.78, 5) is 11.0. The molecule has 2 aromatic rings. The lowest BCUT2D eigenvalue weighted by molar-refractivity contribution is -0.134. The van der Waals surface area contributed by atoms with Crippen molar-refractivity contribution >= 4 is 27.6 Å². The molecule has 0 aliphatic rings. The number of rotatable bonds is 11. The number of sulfone groups is 1. The fourth-order valence-electron chi connectivity index (χ4n) is 2.46. The third-order valence-electron chi connectivity index (χ3n) is 3.84. The van der Waals surface area contributed by atoms with E-state index in [4.69, 9.17) is 35.0 Å². The van der Waals surface area contributed by atoms with Gasteiger partial charge in [0.05, 0.1) is 53.5 Å². The summed E-state index contributed by atoms with van der Waals surface area (Å²) in [6.07, 6.45) is 0.891. The summed E-state index contributed by atoms with van der Waals surface area (Å²) >= 11 is 0. The Kier molecular flexibility index (Phi) is 4.97. The van der Waals surface area contributed by atoms with Crippen molar-refractivity contribution in [3.8, 4) is 23.0 Å². The lowest BCUT2D eigenvalue weighted by atomic mass is 10.1. The fraction of sp³-hybridized carbons (Fsp3) is 0.286. The zero-order chi connectivity index (χ0) is 29.8. The molecule has 0 saturated carbocycles. The minimum absolute atomic E-state index is 0.0352. The van der Waals surface area contributed by atoms with Gasteiger partial charge in [-0.3, -0.25) is 4.79 Å². The van der Waals surface area contributed by atoms with E-state index in [1.54, 1.807) is 0 Å². The van der Waals surface area contributed by atoms with E-state index in [0.717, 1.165) is 24.3 Å². The summed E-state index contributed by atoms with van der Waals surface area (Å²) in [5.74, 6) is -1.92. The number of hydrogen-bond acceptors (Lipinski definition) is 8. The highest BCUT2D eigenvalue weighted by molar-refractivity contribution is 7.93. The molecule has 0 atom stereocenters. The molecule has 9 nitrogen and oxygen atoms in total. The van der Waals surface area contributed by atoms with E-state index in [2.05, 4.69) is 5.32 Å². The van der Waals surface area contributed by atoms with Crippen LogP contribution in [0, 0.1) is 0 Å². The number of ether oxygens (including phenoxy) is 4. The van der Waals surface area contributed by atoms with Crippen LogP contribution in [-0.4, -0.2) is 54.3 Å². The van der Waals surface area contributed by atoms with Crippen LogP contribution >= 0.6 is 0 Å². The Balaban J connectivity index is 2.58. The zero-order valence-electron chi connectivity index (χ0n) is 24.5. The van der Waals surface area contributed by atoms with E-state index < -0.39 is 47.7 Å². The molecule has 0 aliphatic heterocycles. The SMILES string of the molecule is [2H]C([2H])([2H])Oc1ccc(C([2H])([2H])S(=O)(=O)/C=C/c2c(OC)cc(OC)cc2OC([2H])([2H])[2H])cc1NCC(=O)O. The molecule has 0 heterocycles. The van der Waals surface area contributed by atoms with Gasteiger partial charge >= 0.3 is 5.97 Å². The third-order valence-corrected chi connectivity index (χ3v) is 4.85. The minimum Gasteiger partial charge on any atom is -0.496 e. The maximum absolute atomic E-state index is 13.1. The van der Waals surface area contributed by atoms with Crippen molar-refractivity contribution in [2.75, 3.05) is 40.2 Å². The summed E-state index contributed by atoms with van der Waals surface area (Å²) in [5, 5.41) is 11.8. The normalized spacial score (nSPS) is 16.3. The van der Waals surface area contributed by atoms with Gasteiger partial charge in [0.15, 0.2) is 9.84 Å². The number of aliphatic carboxylic acids is 1. The van der Waals surface area contributed by atoms with Crippen molar-refractivity contribution in [3.05, 3.63) is 46.9 Å². The highest BCUT2D eigenvalue weighted by Gasteiger charge is 2.15. The van der Waals surface area contributed by atoms with Gasteiger partial charge in [0.25, 0.3) is 0 Å². The molecule has 0 bridgehead atoms. The van der Waals surface area contributed by atoms with Crippen LogP contribution in [0.15, 0.2) is 35.7 Å². The number of carbonyl (C=O) groups is 1. The molecule has 10 heteroatoms. The van der Waals surface area contributed by atoms with E-state index >= 15 is 0 Å². The van der Waals surface area contributed by atoms with Crippen LogP contribution in [-0.2, 0) is 20.3 Å². The maximum Gasteiger partial charge on any atom is 0.322 e. The number of carboxylic acids is 1. The predicted molar refractivity (Wildman–Crippen MR) is 117 cm³/mol. The first kappa shape index (κ1) is 14.6. The first-order chi connectivity index (χ1) is 17.8. The molecular weight excluding hydrogens is 426 g/mol. The molecule has 0 spiro atoms. The van der Waals surface area contributed by atoms with Gasteiger partial charge in [0, 0.05) is 20.3 Å². The lowest BCUT2D eigenvalue weighted by Crippen LogP contribution is -2.13. The molecule has 0 aliphatic carbocycles. The summed E-state index contributed by atoms with van der Waals surface area (Å²) in [6, 6.07) is 5.37. The molecule has 2 rings (SSSR count). The van der Waals surface area contributed by atoms with Gasteiger partial charge in [-0.15, -0.1) is 0 Å². The molecule has 168 valence electrons. The van der Waals surface area contributed by atoms with Crippen molar-refractivity contribution in [1.82, 2.24) is 0 Å². The largest absolute Gasteiger partial charge is 0.496 e. The first-order valence-electron chi connectivity index (χ1n) is 12.5. The molecular formula is C21H25NO8S. The highest BCUT2D eigenvalue weighted by Crippen LogP contribution is 2.35. The van der Waals surface area contributed by atoms with Gasteiger partial charge in [-0.25, -0.2) is 8.42 Å². The van der Waals surface area contributed by atoms with E-state index in [-0.39, 0.29) is 34.2 Å². The second-order valence-corrected chi connectivity index (χ2v) is 7.42. The van der Waals surface area contributed by atoms with Crippen LogP contribution in [0.5, 0.6) is 23.0 Å². The van der Waals surface area contributed by atoms with Gasteiger partial charge in [-0.2, -0.15) is 0 Å². The molecule has 0 radical (unpaired) electrons. The Labute approximate surface area is 192 Å². The predicted octanol–water partition coefficient (Wildman–Crippen LogP) is 2.80. The Morgan fingerprint density at radius 1 is 1.10 bits per heavy atom. The van der Waals surface area contributed by atoms with Crippen LogP contribution in [0.2, 0.25) is 0 Å². The van der Waals surface area contributed by atoms with Crippen LogP contribution in [0.25, 0.3) is 6.08 Å². The number of methoxy groups -OCH3 is 4.